The standard InChI is InChI=1S/C23H29N3O3/c1-18-4-7-20(8-5-18)29-17-23(27)24-21-16-19(25-10-2-3-11-25)6-9-22(21)26-12-14-28-15-13-26/h4-9,16H,2-3,10-15,17H2,1H3,(H,24,27). The molecule has 0 radical (unpaired) electrons. The fourth-order valence-corrected chi connectivity index (χ4v) is 3.85. The molecule has 2 aliphatic rings. The molecule has 6 heteroatoms. The minimum atomic E-state index is -0.154. The van der Waals surface area contributed by atoms with Crippen molar-refractivity contribution in [1.82, 2.24) is 0 Å². The summed E-state index contributed by atoms with van der Waals surface area (Å²) in [6, 6.07) is 14.1. The monoisotopic (exact) mass is 395 g/mol. The second kappa shape index (κ2) is 9.18. The Labute approximate surface area is 172 Å². The molecule has 0 unspecified atom stereocenters. The molecule has 2 aliphatic heterocycles. The average molecular weight is 396 g/mol. The Morgan fingerprint density at radius 3 is 2.45 bits per heavy atom. The molecule has 2 heterocycles. The Hall–Kier alpha value is -2.73. The molecule has 0 bridgehead atoms. The minimum absolute atomic E-state index is 0.0143. The van der Waals surface area contributed by atoms with Gasteiger partial charge in [-0.15, -0.1) is 0 Å². The maximum Gasteiger partial charge on any atom is 0.262 e. The van der Waals surface area contributed by atoms with Crippen LogP contribution in [-0.2, 0) is 9.53 Å². The van der Waals surface area contributed by atoms with Crippen LogP contribution in [0.3, 0.4) is 0 Å². The van der Waals surface area contributed by atoms with Crippen LogP contribution < -0.4 is 19.9 Å². The second-order valence-electron chi connectivity index (χ2n) is 7.64. The van der Waals surface area contributed by atoms with Gasteiger partial charge < -0.3 is 24.6 Å². The van der Waals surface area contributed by atoms with Crippen molar-refractivity contribution in [3.8, 4) is 5.75 Å². The predicted octanol–water partition coefficient (Wildman–Crippen LogP) is 3.45. The Morgan fingerprint density at radius 2 is 1.72 bits per heavy atom. The van der Waals surface area contributed by atoms with Crippen LogP contribution in [0.2, 0.25) is 0 Å². The van der Waals surface area contributed by atoms with Crippen molar-refractivity contribution in [3.05, 3.63) is 48.0 Å². The summed E-state index contributed by atoms with van der Waals surface area (Å²) < 4.78 is 11.1. The highest BCUT2D eigenvalue weighted by atomic mass is 16.5. The molecule has 29 heavy (non-hydrogen) atoms. The van der Waals surface area contributed by atoms with Gasteiger partial charge in [0.15, 0.2) is 6.61 Å². The second-order valence-corrected chi connectivity index (χ2v) is 7.64. The largest absolute Gasteiger partial charge is 0.484 e. The van der Waals surface area contributed by atoms with Crippen molar-refractivity contribution >= 4 is 23.0 Å². The van der Waals surface area contributed by atoms with E-state index >= 15 is 0 Å². The summed E-state index contributed by atoms with van der Waals surface area (Å²) in [4.78, 5) is 17.3. The van der Waals surface area contributed by atoms with E-state index in [0.29, 0.717) is 19.0 Å². The lowest BCUT2D eigenvalue weighted by Gasteiger charge is -2.31. The number of aryl methyl sites for hydroxylation is 1. The number of rotatable bonds is 6. The summed E-state index contributed by atoms with van der Waals surface area (Å²) in [5, 5.41) is 3.08. The van der Waals surface area contributed by atoms with Gasteiger partial charge in [-0.25, -0.2) is 0 Å². The molecular weight excluding hydrogens is 366 g/mol. The molecule has 1 N–H and O–H groups in total. The third kappa shape index (κ3) is 5.01. The Bertz CT molecular complexity index is 826. The van der Waals surface area contributed by atoms with E-state index in [4.69, 9.17) is 9.47 Å². The minimum Gasteiger partial charge on any atom is -0.484 e. The van der Waals surface area contributed by atoms with Gasteiger partial charge in [0, 0.05) is 31.9 Å². The molecular formula is C23H29N3O3. The average Bonchev–Trinajstić information content (AvgIpc) is 3.29. The van der Waals surface area contributed by atoms with Crippen molar-refractivity contribution in [2.75, 3.05) is 61.1 Å². The van der Waals surface area contributed by atoms with Gasteiger partial charge >= 0.3 is 0 Å². The number of carbonyl (C=O) groups is 1. The number of benzene rings is 2. The van der Waals surface area contributed by atoms with Gasteiger partial charge in [-0.1, -0.05) is 17.7 Å². The molecule has 6 nitrogen and oxygen atoms in total. The van der Waals surface area contributed by atoms with E-state index in [1.807, 2.05) is 31.2 Å². The molecule has 0 spiro atoms. The highest BCUT2D eigenvalue weighted by Gasteiger charge is 2.19. The van der Waals surface area contributed by atoms with Crippen LogP contribution in [0.5, 0.6) is 5.75 Å². The van der Waals surface area contributed by atoms with Crippen LogP contribution in [0.25, 0.3) is 0 Å². The normalized spacial score (nSPS) is 16.7. The van der Waals surface area contributed by atoms with E-state index in [1.54, 1.807) is 0 Å². The number of nitrogens with zero attached hydrogens (tertiary/aromatic N) is 2. The first-order chi connectivity index (χ1) is 14.2. The van der Waals surface area contributed by atoms with Gasteiger partial charge in [0.1, 0.15) is 5.75 Å². The summed E-state index contributed by atoms with van der Waals surface area (Å²) >= 11 is 0. The lowest BCUT2D eigenvalue weighted by Crippen LogP contribution is -2.37. The molecule has 2 aromatic carbocycles. The van der Waals surface area contributed by atoms with Crippen LogP contribution in [0, 0.1) is 6.92 Å². The Balaban J connectivity index is 1.48. The molecule has 1 amide bonds. The van der Waals surface area contributed by atoms with Crippen molar-refractivity contribution in [2.24, 2.45) is 0 Å². The summed E-state index contributed by atoms with van der Waals surface area (Å²) in [7, 11) is 0. The summed E-state index contributed by atoms with van der Waals surface area (Å²) in [6.45, 7) is 7.21. The number of amides is 1. The van der Waals surface area contributed by atoms with Crippen molar-refractivity contribution in [2.45, 2.75) is 19.8 Å². The van der Waals surface area contributed by atoms with Crippen molar-refractivity contribution in [1.29, 1.82) is 0 Å². The van der Waals surface area contributed by atoms with Crippen LogP contribution in [-0.4, -0.2) is 51.9 Å². The number of hydrogen-bond donors (Lipinski definition) is 1. The van der Waals surface area contributed by atoms with Crippen LogP contribution in [0.15, 0.2) is 42.5 Å². The third-order valence-corrected chi connectivity index (χ3v) is 5.47. The Kier molecular flexibility index (Phi) is 6.20. The molecule has 2 fully saturated rings. The predicted molar refractivity (Wildman–Crippen MR) is 116 cm³/mol. The molecule has 154 valence electrons. The fraction of sp³-hybridized carbons (Fsp3) is 0.435. The van der Waals surface area contributed by atoms with E-state index in [2.05, 4.69) is 33.3 Å². The number of nitrogens with one attached hydrogen (secondary N) is 1. The highest BCUT2D eigenvalue weighted by molar-refractivity contribution is 5.96. The van der Waals surface area contributed by atoms with E-state index in [0.717, 1.165) is 48.8 Å². The zero-order chi connectivity index (χ0) is 20.1. The summed E-state index contributed by atoms with van der Waals surface area (Å²) in [6.07, 6.45) is 2.44. The van der Waals surface area contributed by atoms with E-state index in [9.17, 15) is 4.79 Å². The van der Waals surface area contributed by atoms with Gasteiger partial charge in [0.25, 0.3) is 5.91 Å². The first kappa shape index (κ1) is 19.6. The fourth-order valence-electron chi connectivity index (χ4n) is 3.85. The molecule has 0 aliphatic carbocycles. The molecule has 4 rings (SSSR count). The quantitative estimate of drug-likeness (QED) is 0.812. The molecule has 0 atom stereocenters. The topological polar surface area (TPSA) is 54.0 Å². The van der Waals surface area contributed by atoms with E-state index in [1.165, 1.54) is 12.8 Å². The first-order valence-corrected chi connectivity index (χ1v) is 10.4. The lowest BCUT2D eigenvalue weighted by atomic mass is 10.2. The van der Waals surface area contributed by atoms with E-state index < -0.39 is 0 Å². The van der Waals surface area contributed by atoms with Gasteiger partial charge in [-0.3, -0.25) is 4.79 Å². The first-order valence-electron chi connectivity index (χ1n) is 10.4. The van der Waals surface area contributed by atoms with Crippen LogP contribution in [0.4, 0.5) is 17.1 Å². The maximum atomic E-state index is 12.6. The molecule has 2 saturated heterocycles. The maximum absolute atomic E-state index is 12.6. The number of hydrogen-bond acceptors (Lipinski definition) is 5. The van der Waals surface area contributed by atoms with Crippen molar-refractivity contribution < 1.29 is 14.3 Å². The molecule has 0 aromatic heterocycles. The van der Waals surface area contributed by atoms with Crippen LogP contribution in [0.1, 0.15) is 18.4 Å². The highest BCUT2D eigenvalue weighted by Crippen LogP contribution is 2.32. The Morgan fingerprint density at radius 1 is 1.00 bits per heavy atom. The lowest BCUT2D eigenvalue weighted by molar-refractivity contribution is -0.118. The van der Waals surface area contributed by atoms with Gasteiger partial charge in [-0.2, -0.15) is 0 Å². The van der Waals surface area contributed by atoms with E-state index in [-0.39, 0.29) is 12.5 Å². The number of ether oxygens (including phenoxy) is 2. The number of carbonyl (C=O) groups excluding carboxylic acids is 1. The zero-order valence-corrected chi connectivity index (χ0v) is 17.0. The number of morpholine rings is 1. The number of anilines is 3. The van der Waals surface area contributed by atoms with Crippen LogP contribution >= 0.6 is 0 Å². The third-order valence-electron chi connectivity index (χ3n) is 5.47. The molecule has 2 aromatic rings. The summed E-state index contributed by atoms with van der Waals surface area (Å²) in [5.41, 5.74) is 4.21. The van der Waals surface area contributed by atoms with Crippen molar-refractivity contribution in [3.63, 3.8) is 0 Å². The SMILES string of the molecule is Cc1ccc(OCC(=O)Nc2cc(N3CCCC3)ccc2N2CCOCC2)cc1. The molecule has 0 saturated carbocycles. The zero-order valence-electron chi connectivity index (χ0n) is 17.0. The smallest absolute Gasteiger partial charge is 0.262 e. The van der Waals surface area contributed by atoms with Gasteiger partial charge in [-0.05, 0) is 50.1 Å². The van der Waals surface area contributed by atoms with Gasteiger partial charge in [0.2, 0.25) is 0 Å². The van der Waals surface area contributed by atoms with Gasteiger partial charge in [0.05, 0.1) is 24.6 Å². The summed E-state index contributed by atoms with van der Waals surface area (Å²) in [5.74, 6) is 0.545.